The third-order valence-corrected chi connectivity index (χ3v) is 8.44. The Labute approximate surface area is 209 Å². The van der Waals surface area contributed by atoms with E-state index in [4.69, 9.17) is 9.47 Å². The van der Waals surface area contributed by atoms with Gasteiger partial charge in [-0.2, -0.15) is 0 Å². The van der Waals surface area contributed by atoms with E-state index in [0.717, 1.165) is 57.8 Å². The first kappa shape index (κ1) is 29.0. The SMILES string of the molecule is CCCC(CCC)(CCC)OC(=O)N1CCC(CC)(OC(=O)C2(CC(C)(C)C)CC2(C)C)CC1. The van der Waals surface area contributed by atoms with Crippen LogP contribution in [0.5, 0.6) is 0 Å². The van der Waals surface area contributed by atoms with Crippen LogP contribution in [0.3, 0.4) is 0 Å². The van der Waals surface area contributed by atoms with Gasteiger partial charge in [-0.15, -0.1) is 0 Å². The van der Waals surface area contributed by atoms with Crippen LogP contribution in [0.4, 0.5) is 4.79 Å². The molecule has 2 aliphatic rings. The maximum absolute atomic E-state index is 13.5. The largest absolute Gasteiger partial charge is 0.459 e. The van der Waals surface area contributed by atoms with Crippen molar-refractivity contribution >= 4 is 12.1 Å². The Bertz CT molecular complexity index is 682. The predicted molar refractivity (Wildman–Crippen MR) is 139 cm³/mol. The van der Waals surface area contributed by atoms with Gasteiger partial charge in [-0.3, -0.25) is 4.79 Å². The second kappa shape index (κ2) is 10.8. The van der Waals surface area contributed by atoms with Crippen LogP contribution >= 0.6 is 0 Å². The molecule has 2 fully saturated rings. The fourth-order valence-electron chi connectivity index (χ4n) is 6.40. The second-order valence-corrected chi connectivity index (χ2v) is 13.1. The molecule has 0 radical (unpaired) electrons. The van der Waals surface area contributed by atoms with Crippen LogP contribution in [0.15, 0.2) is 0 Å². The van der Waals surface area contributed by atoms with E-state index in [9.17, 15) is 9.59 Å². The summed E-state index contributed by atoms with van der Waals surface area (Å²) in [5, 5.41) is 0. The normalized spacial score (nSPS) is 24.0. The van der Waals surface area contributed by atoms with Gasteiger partial charge in [-0.1, -0.05) is 81.6 Å². The van der Waals surface area contributed by atoms with Gasteiger partial charge in [0.15, 0.2) is 0 Å². The van der Waals surface area contributed by atoms with Gasteiger partial charge in [0.2, 0.25) is 0 Å². The minimum absolute atomic E-state index is 0.0159. The number of rotatable bonds is 11. The highest BCUT2D eigenvalue weighted by atomic mass is 16.6. The molecule has 34 heavy (non-hydrogen) atoms. The molecule has 0 spiro atoms. The van der Waals surface area contributed by atoms with Crippen LogP contribution < -0.4 is 0 Å². The number of nitrogens with zero attached hydrogens (tertiary/aromatic N) is 1. The third kappa shape index (κ3) is 6.49. The Morgan fingerprint density at radius 3 is 1.71 bits per heavy atom. The predicted octanol–water partition coefficient (Wildman–Crippen LogP) is 7.90. The minimum atomic E-state index is -0.481. The van der Waals surface area contributed by atoms with Gasteiger partial charge < -0.3 is 14.4 Å². The molecule has 5 heteroatoms. The lowest BCUT2D eigenvalue weighted by atomic mass is 9.78. The van der Waals surface area contributed by atoms with Crippen LogP contribution in [0, 0.1) is 16.2 Å². The maximum atomic E-state index is 13.5. The Hall–Kier alpha value is -1.26. The van der Waals surface area contributed by atoms with E-state index in [-0.39, 0.29) is 33.9 Å². The standard InChI is InChI=1S/C29H53NO4/c1-10-14-28(15-11-2,16-12-3)34-24(32)30-19-17-27(13-4,18-20-30)33-23(31)29(21-25(5,6)7)22-26(29,8)9/h10-22H2,1-9H3. The molecule has 1 aliphatic heterocycles. The van der Waals surface area contributed by atoms with E-state index in [1.807, 2.05) is 4.90 Å². The number of carbonyl (C=O) groups is 2. The fraction of sp³-hybridized carbons (Fsp3) is 0.931. The van der Waals surface area contributed by atoms with E-state index < -0.39 is 5.60 Å². The average Bonchev–Trinajstić information content (AvgIpc) is 3.28. The van der Waals surface area contributed by atoms with E-state index in [0.29, 0.717) is 25.9 Å². The number of piperidine rings is 1. The van der Waals surface area contributed by atoms with Gasteiger partial charge >= 0.3 is 12.1 Å². The first-order valence-corrected chi connectivity index (χ1v) is 13.9. The number of amides is 1. The summed E-state index contributed by atoms with van der Waals surface area (Å²) in [5.41, 5.74) is -1.16. The first-order valence-electron chi connectivity index (χ1n) is 13.9. The molecule has 198 valence electrons. The summed E-state index contributed by atoms with van der Waals surface area (Å²) in [6, 6.07) is 0. The van der Waals surface area contributed by atoms with Crippen LogP contribution in [0.1, 0.15) is 133 Å². The zero-order valence-corrected chi connectivity index (χ0v) is 23.8. The van der Waals surface area contributed by atoms with Gasteiger partial charge in [0.1, 0.15) is 11.2 Å². The molecule has 1 amide bonds. The van der Waals surface area contributed by atoms with Gasteiger partial charge in [0.25, 0.3) is 0 Å². The van der Waals surface area contributed by atoms with Gasteiger partial charge in [-0.05, 0) is 49.4 Å². The van der Waals surface area contributed by atoms with Crippen molar-refractivity contribution in [2.45, 2.75) is 144 Å². The lowest BCUT2D eigenvalue weighted by Gasteiger charge is -2.43. The Morgan fingerprint density at radius 1 is 0.882 bits per heavy atom. The Kier molecular flexibility index (Phi) is 9.19. The molecular weight excluding hydrogens is 426 g/mol. The number of carbonyl (C=O) groups excluding carboxylic acids is 2. The molecule has 0 aromatic heterocycles. The first-order chi connectivity index (χ1) is 15.7. The van der Waals surface area contributed by atoms with Crippen molar-refractivity contribution in [2.75, 3.05) is 13.1 Å². The molecule has 1 heterocycles. The van der Waals surface area contributed by atoms with Gasteiger partial charge in [0.05, 0.1) is 5.41 Å². The highest BCUT2D eigenvalue weighted by Crippen LogP contribution is 2.68. The summed E-state index contributed by atoms with van der Waals surface area (Å²) in [5.74, 6) is -0.0295. The molecular formula is C29H53NO4. The second-order valence-electron chi connectivity index (χ2n) is 13.1. The molecule has 1 saturated carbocycles. The number of hydrogen-bond donors (Lipinski definition) is 0. The maximum Gasteiger partial charge on any atom is 0.410 e. The van der Waals surface area contributed by atoms with E-state index in [1.54, 1.807) is 0 Å². The number of hydrogen-bond acceptors (Lipinski definition) is 4. The molecule has 1 aliphatic carbocycles. The summed E-state index contributed by atoms with van der Waals surface area (Å²) in [6.07, 6.45) is 9.44. The molecule has 5 nitrogen and oxygen atoms in total. The van der Waals surface area contributed by atoms with E-state index >= 15 is 0 Å². The van der Waals surface area contributed by atoms with Crippen molar-refractivity contribution in [2.24, 2.45) is 16.2 Å². The highest BCUT2D eigenvalue weighted by Gasteiger charge is 2.68. The fourth-order valence-corrected chi connectivity index (χ4v) is 6.40. The summed E-state index contributed by atoms with van der Waals surface area (Å²) < 4.78 is 12.6. The summed E-state index contributed by atoms with van der Waals surface area (Å²) in [4.78, 5) is 28.5. The minimum Gasteiger partial charge on any atom is -0.459 e. The van der Waals surface area contributed by atoms with Crippen molar-refractivity contribution in [1.29, 1.82) is 0 Å². The van der Waals surface area contributed by atoms with Crippen molar-refractivity contribution in [1.82, 2.24) is 4.90 Å². The molecule has 2 rings (SSSR count). The molecule has 0 N–H and O–H groups in total. The lowest BCUT2D eigenvalue weighted by Crippen LogP contribution is -2.51. The average molecular weight is 480 g/mol. The topological polar surface area (TPSA) is 55.8 Å². The molecule has 0 aromatic carbocycles. The Morgan fingerprint density at radius 2 is 1.35 bits per heavy atom. The molecule has 0 bridgehead atoms. The van der Waals surface area contributed by atoms with E-state index in [2.05, 4.69) is 62.3 Å². The lowest BCUT2D eigenvalue weighted by molar-refractivity contribution is -0.175. The van der Waals surface area contributed by atoms with Crippen molar-refractivity contribution in [3.63, 3.8) is 0 Å². The number of likely N-dealkylation sites (tertiary alicyclic amines) is 1. The van der Waals surface area contributed by atoms with Crippen LogP contribution in [0.2, 0.25) is 0 Å². The zero-order valence-electron chi connectivity index (χ0n) is 23.8. The van der Waals surface area contributed by atoms with Crippen LogP contribution in [-0.2, 0) is 14.3 Å². The Balaban J connectivity index is 2.05. The number of ether oxygens (including phenoxy) is 2. The molecule has 1 atom stereocenters. The molecule has 1 saturated heterocycles. The smallest absolute Gasteiger partial charge is 0.410 e. The monoisotopic (exact) mass is 479 g/mol. The van der Waals surface area contributed by atoms with Gasteiger partial charge in [-0.25, -0.2) is 4.79 Å². The van der Waals surface area contributed by atoms with Crippen LogP contribution in [-0.4, -0.2) is 41.3 Å². The van der Waals surface area contributed by atoms with Crippen molar-refractivity contribution in [3.8, 4) is 0 Å². The third-order valence-electron chi connectivity index (χ3n) is 8.44. The van der Waals surface area contributed by atoms with Crippen molar-refractivity contribution in [3.05, 3.63) is 0 Å². The number of esters is 1. The zero-order chi connectivity index (χ0) is 25.8. The van der Waals surface area contributed by atoms with Gasteiger partial charge in [0, 0.05) is 25.9 Å². The molecule has 1 unspecified atom stereocenters. The molecule has 0 aromatic rings. The van der Waals surface area contributed by atoms with Crippen molar-refractivity contribution < 1.29 is 19.1 Å². The highest BCUT2D eigenvalue weighted by molar-refractivity contribution is 5.82. The van der Waals surface area contributed by atoms with Crippen LogP contribution in [0.25, 0.3) is 0 Å². The summed E-state index contributed by atoms with van der Waals surface area (Å²) in [7, 11) is 0. The summed E-state index contributed by atoms with van der Waals surface area (Å²) >= 11 is 0. The summed E-state index contributed by atoms with van der Waals surface area (Å²) in [6.45, 7) is 20.7. The van der Waals surface area contributed by atoms with E-state index in [1.165, 1.54) is 0 Å². The quantitative estimate of drug-likeness (QED) is 0.283.